The molecule has 0 spiro atoms. The number of ether oxygens (including phenoxy) is 1. The van der Waals surface area contributed by atoms with Gasteiger partial charge in [0.15, 0.2) is 0 Å². The summed E-state index contributed by atoms with van der Waals surface area (Å²) in [6.45, 7) is 4.08. The predicted octanol–water partition coefficient (Wildman–Crippen LogP) is 3.52. The SMILES string of the molecule is COc1ccc(-c2ccc(S(=O)(=O)N3CC[C@@H](NC(=O)CCC(C)C)C[C@@H]3C(=O)O)cc2)cc1. The van der Waals surface area contributed by atoms with E-state index in [9.17, 15) is 23.1 Å². The van der Waals surface area contributed by atoms with Gasteiger partial charge in [0.25, 0.3) is 0 Å². The molecule has 34 heavy (non-hydrogen) atoms. The quantitative estimate of drug-likeness (QED) is 0.558. The smallest absolute Gasteiger partial charge is 0.322 e. The van der Waals surface area contributed by atoms with Crippen molar-refractivity contribution in [2.24, 2.45) is 5.92 Å². The number of hydrogen-bond acceptors (Lipinski definition) is 5. The molecule has 0 aliphatic carbocycles. The average molecular weight is 489 g/mol. The van der Waals surface area contributed by atoms with Gasteiger partial charge in [0.1, 0.15) is 11.8 Å². The fourth-order valence-electron chi connectivity index (χ4n) is 4.04. The van der Waals surface area contributed by atoms with Crippen LogP contribution in [0.4, 0.5) is 0 Å². The van der Waals surface area contributed by atoms with E-state index in [1.807, 2.05) is 38.1 Å². The van der Waals surface area contributed by atoms with Crippen LogP contribution in [0.3, 0.4) is 0 Å². The lowest BCUT2D eigenvalue weighted by Crippen LogP contribution is -2.54. The Morgan fingerprint density at radius 2 is 1.68 bits per heavy atom. The van der Waals surface area contributed by atoms with Gasteiger partial charge in [-0.2, -0.15) is 4.31 Å². The number of carbonyl (C=O) groups is 2. The van der Waals surface area contributed by atoms with E-state index in [0.717, 1.165) is 27.6 Å². The Morgan fingerprint density at radius 3 is 2.21 bits per heavy atom. The van der Waals surface area contributed by atoms with Crippen molar-refractivity contribution in [1.29, 1.82) is 0 Å². The van der Waals surface area contributed by atoms with Crippen molar-refractivity contribution in [3.05, 3.63) is 48.5 Å². The molecular weight excluding hydrogens is 456 g/mol. The van der Waals surface area contributed by atoms with E-state index in [1.165, 1.54) is 12.1 Å². The zero-order valence-electron chi connectivity index (χ0n) is 19.7. The van der Waals surface area contributed by atoms with Crippen LogP contribution in [0.2, 0.25) is 0 Å². The molecule has 2 atom stereocenters. The van der Waals surface area contributed by atoms with Crippen molar-refractivity contribution in [3.8, 4) is 16.9 Å². The number of rotatable bonds is 9. The maximum atomic E-state index is 13.3. The monoisotopic (exact) mass is 488 g/mol. The molecule has 1 saturated heterocycles. The Hall–Kier alpha value is -2.91. The van der Waals surface area contributed by atoms with Crippen LogP contribution in [0.5, 0.6) is 5.75 Å². The molecule has 3 rings (SSSR count). The first-order valence-corrected chi connectivity index (χ1v) is 12.8. The van der Waals surface area contributed by atoms with Gasteiger partial charge in [0.05, 0.1) is 12.0 Å². The van der Waals surface area contributed by atoms with E-state index >= 15 is 0 Å². The summed E-state index contributed by atoms with van der Waals surface area (Å²) in [4.78, 5) is 24.2. The molecule has 2 N–H and O–H groups in total. The molecule has 9 heteroatoms. The summed E-state index contributed by atoms with van der Waals surface area (Å²) in [7, 11) is -2.43. The Kier molecular flexibility index (Phi) is 8.33. The molecule has 0 saturated carbocycles. The van der Waals surface area contributed by atoms with Gasteiger partial charge < -0.3 is 15.2 Å². The molecule has 2 aromatic rings. The van der Waals surface area contributed by atoms with E-state index in [1.54, 1.807) is 19.2 Å². The molecule has 1 aliphatic rings. The van der Waals surface area contributed by atoms with Gasteiger partial charge in [-0.15, -0.1) is 0 Å². The van der Waals surface area contributed by atoms with Crippen LogP contribution in [0, 0.1) is 5.92 Å². The van der Waals surface area contributed by atoms with Gasteiger partial charge in [0, 0.05) is 19.0 Å². The molecule has 1 fully saturated rings. The van der Waals surface area contributed by atoms with Gasteiger partial charge in [-0.3, -0.25) is 9.59 Å². The van der Waals surface area contributed by atoms with Crippen molar-refractivity contribution < 1.29 is 27.9 Å². The van der Waals surface area contributed by atoms with Gasteiger partial charge in [-0.1, -0.05) is 38.1 Å². The number of carboxylic acids is 1. The number of benzene rings is 2. The molecule has 8 nitrogen and oxygen atoms in total. The first kappa shape index (κ1) is 25.7. The lowest BCUT2D eigenvalue weighted by molar-refractivity contribution is -0.143. The molecule has 0 bridgehead atoms. The lowest BCUT2D eigenvalue weighted by Gasteiger charge is -2.36. The van der Waals surface area contributed by atoms with E-state index in [0.29, 0.717) is 18.8 Å². The number of amides is 1. The third-order valence-electron chi connectivity index (χ3n) is 6.04. The van der Waals surface area contributed by atoms with Crippen molar-refractivity contribution >= 4 is 21.9 Å². The topological polar surface area (TPSA) is 113 Å². The molecule has 0 unspecified atom stereocenters. The van der Waals surface area contributed by atoms with Gasteiger partial charge in [-0.25, -0.2) is 8.42 Å². The summed E-state index contributed by atoms with van der Waals surface area (Å²) >= 11 is 0. The van der Waals surface area contributed by atoms with Crippen LogP contribution in [-0.4, -0.2) is 55.4 Å². The number of carbonyl (C=O) groups excluding carboxylic acids is 1. The van der Waals surface area contributed by atoms with E-state index in [-0.39, 0.29) is 29.8 Å². The summed E-state index contributed by atoms with van der Waals surface area (Å²) < 4.78 is 32.8. The third-order valence-corrected chi connectivity index (χ3v) is 7.96. The van der Waals surface area contributed by atoms with Crippen molar-refractivity contribution in [2.45, 2.75) is 56.5 Å². The molecule has 184 valence electrons. The minimum atomic E-state index is -4.02. The molecule has 0 radical (unpaired) electrons. The number of piperidine rings is 1. The summed E-state index contributed by atoms with van der Waals surface area (Å²) in [5, 5.41) is 12.6. The van der Waals surface area contributed by atoms with Gasteiger partial charge in [0.2, 0.25) is 15.9 Å². The molecule has 0 aromatic heterocycles. The van der Waals surface area contributed by atoms with Crippen LogP contribution in [0.15, 0.2) is 53.4 Å². The van der Waals surface area contributed by atoms with Crippen LogP contribution in [0.1, 0.15) is 39.5 Å². The molecule has 1 aliphatic heterocycles. The standard InChI is InChI=1S/C25H32N2O6S/c1-17(2)4-13-24(28)26-20-14-15-27(23(16-20)25(29)30)34(31,32)22-11-7-19(8-12-22)18-5-9-21(33-3)10-6-18/h5-12,17,20,23H,4,13-16H2,1-3H3,(H,26,28)(H,29,30)/t20-,23-/m1/s1. The Morgan fingerprint density at radius 1 is 1.09 bits per heavy atom. The highest BCUT2D eigenvalue weighted by molar-refractivity contribution is 7.89. The van der Waals surface area contributed by atoms with Crippen molar-refractivity contribution in [3.63, 3.8) is 0 Å². The number of aliphatic carboxylic acids is 1. The zero-order chi connectivity index (χ0) is 24.9. The molecule has 1 amide bonds. The first-order valence-electron chi connectivity index (χ1n) is 11.4. The van der Waals surface area contributed by atoms with Crippen LogP contribution in [-0.2, 0) is 19.6 Å². The highest BCUT2D eigenvalue weighted by Gasteiger charge is 2.41. The van der Waals surface area contributed by atoms with Crippen LogP contribution in [0.25, 0.3) is 11.1 Å². The van der Waals surface area contributed by atoms with Crippen molar-refractivity contribution in [2.75, 3.05) is 13.7 Å². The highest BCUT2D eigenvalue weighted by Crippen LogP contribution is 2.28. The second-order valence-electron chi connectivity index (χ2n) is 8.94. The summed E-state index contributed by atoms with van der Waals surface area (Å²) in [6.07, 6.45) is 1.51. The predicted molar refractivity (Wildman–Crippen MR) is 129 cm³/mol. The minimum Gasteiger partial charge on any atom is -0.497 e. The number of methoxy groups -OCH3 is 1. The van der Waals surface area contributed by atoms with Gasteiger partial charge in [-0.05, 0) is 60.6 Å². The Labute approximate surface area is 201 Å². The van der Waals surface area contributed by atoms with E-state index < -0.39 is 22.0 Å². The van der Waals surface area contributed by atoms with E-state index in [2.05, 4.69) is 5.32 Å². The summed E-state index contributed by atoms with van der Waals surface area (Å²) in [6, 6.07) is 12.2. The normalized spacial score (nSPS) is 19.1. The summed E-state index contributed by atoms with van der Waals surface area (Å²) in [5.41, 5.74) is 1.74. The fourth-order valence-corrected chi connectivity index (χ4v) is 5.65. The number of sulfonamides is 1. The number of nitrogens with zero attached hydrogens (tertiary/aromatic N) is 1. The largest absolute Gasteiger partial charge is 0.497 e. The number of nitrogens with one attached hydrogen (secondary N) is 1. The molecular formula is C25H32N2O6S. The van der Waals surface area contributed by atoms with Crippen molar-refractivity contribution in [1.82, 2.24) is 9.62 Å². The second kappa shape index (κ2) is 11.0. The fraction of sp³-hybridized carbons (Fsp3) is 0.440. The van der Waals surface area contributed by atoms with E-state index in [4.69, 9.17) is 4.74 Å². The molecule has 1 heterocycles. The summed E-state index contributed by atoms with van der Waals surface area (Å²) in [5.74, 6) is -0.240. The lowest BCUT2D eigenvalue weighted by atomic mass is 9.99. The zero-order valence-corrected chi connectivity index (χ0v) is 20.5. The number of hydrogen-bond donors (Lipinski definition) is 2. The average Bonchev–Trinajstić information content (AvgIpc) is 2.82. The first-order chi connectivity index (χ1) is 16.1. The molecule has 2 aromatic carbocycles. The Bertz CT molecular complexity index is 1100. The minimum absolute atomic E-state index is 0.0225. The Balaban J connectivity index is 1.73. The highest BCUT2D eigenvalue weighted by atomic mass is 32.2. The number of carboxylic acid groups (broad SMARTS) is 1. The second-order valence-corrected chi connectivity index (χ2v) is 10.8. The van der Waals surface area contributed by atoms with Gasteiger partial charge >= 0.3 is 5.97 Å². The maximum Gasteiger partial charge on any atom is 0.322 e. The van der Waals surface area contributed by atoms with Crippen LogP contribution >= 0.6 is 0 Å². The maximum absolute atomic E-state index is 13.3. The third kappa shape index (κ3) is 6.15. The van der Waals surface area contributed by atoms with Crippen LogP contribution < -0.4 is 10.1 Å².